The van der Waals surface area contributed by atoms with Gasteiger partial charge in [0, 0.05) is 17.7 Å². The molecule has 1 atom stereocenters. The van der Waals surface area contributed by atoms with Gasteiger partial charge in [-0.2, -0.15) is 0 Å². The van der Waals surface area contributed by atoms with Crippen LogP contribution in [0.2, 0.25) is 0 Å². The SMILES string of the molecule is CCCOc1ccc(C(=O)CCC(=O)O[C@H](C)C(=O)Nc2ccc(C)cc2)cc1. The Hall–Kier alpha value is -3.15. The van der Waals surface area contributed by atoms with Crippen LogP contribution in [0.1, 0.15) is 49.0 Å². The molecule has 0 aliphatic carbocycles. The summed E-state index contributed by atoms with van der Waals surface area (Å²) in [6, 6.07) is 14.1. The van der Waals surface area contributed by atoms with Gasteiger partial charge >= 0.3 is 5.97 Å². The van der Waals surface area contributed by atoms with Crippen LogP contribution in [0.15, 0.2) is 48.5 Å². The lowest BCUT2D eigenvalue weighted by Gasteiger charge is -2.13. The van der Waals surface area contributed by atoms with Crippen LogP contribution in [-0.4, -0.2) is 30.4 Å². The number of carbonyl (C=O) groups excluding carboxylic acids is 3. The van der Waals surface area contributed by atoms with Crippen LogP contribution in [0.25, 0.3) is 0 Å². The van der Waals surface area contributed by atoms with Crippen molar-refractivity contribution in [3.8, 4) is 5.75 Å². The van der Waals surface area contributed by atoms with Crippen LogP contribution in [0.3, 0.4) is 0 Å². The lowest BCUT2D eigenvalue weighted by molar-refractivity contribution is -0.153. The largest absolute Gasteiger partial charge is 0.494 e. The third kappa shape index (κ3) is 7.41. The second-order valence-corrected chi connectivity index (χ2v) is 6.78. The summed E-state index contributed by atoms with van der Waals surface area (Å²) in [5, 5.41) is 2.69. The fourth-order valence-corrected chi connectivity index (χ4v) is 2.51. The Balaban J connectivity index is 1.77. The van der Waals surface area contributed by atoms with Crippen LogP contribution in [0, 0.1) is 6.92 Å². The van der Waals surface area contributed by atoms with Crippen LogP contribution in [0.4, 0.5) is 5.69 Å². The molecule has 1 N–H and O–H groups in total. The van der Waals surface area contributed by atoms with Gasteiger partial charge < -0.3 is 14.8 Å². The fourth-order valence-electron chi connectivity index (χ4n) is 2.51. The number of carbonyl (C=O) groups is 3. The van der Waals surface area contributed by atoms with Crippen molar-refractivity contribution in [3.63, 3.8) is 0 Å². The smallest absolute Gasteiger partial charge is 0.307 e. The van der Waals surface area contributed by atoms with Crippen molar-refractivity contribution >= 4 is 23.3 Å². The molecule has 0 heterocycles. The summed E-state index contributed by atoms with van der Waals surface area (Å²) < 4.78 is 10.6. The standard InChI is InChI=1S/C23H27NO5/c1-4-15-28-20-11-7-18(8-12-20)21(25)13-14-22(26)29-17(3)23(27)24-19-9-5-16(2)6-10-19/h5-12,17H,4,13-15H2,1-3H3,(H,24,27)/t17-/m1/s1. The van der Waals surface area contributed by atoms with E-state index in [4.69, 9.17) is 9.47 Å². The van der Waals surface area contributed by atoms with E-state index in [0.29, 0.717) is 23.6 Å². The highest BCUT2D eigenvalue weighted by molar-refractivity contribution is 5.98. The summed E-state index contributed by atoms with van der Waals surface area (Å²) >= 11 is 0. The van der Waals surface area contributed by atoms with E-state index in [-0.39, 0.29) is 18.6 Å². The number of rotatable bonds is 10. The van der Waals surface area contributed by atoms with Gasteiger partial charge in [0.05, 0.1) is 13.0 Å². The monoisotopic (exact) mass is 397 g/mol. The van der Waals surface area contributed by atoms with E-state index in [1.54, 1.807) is 36.4 Å². The molecule has 2 aromatic rings. The van der Waals surface area contributed by atoms with Gasteiger partial charge in [-0.25, -0.2) is 0 Å². The molecule has 6 heteroatoms. The molecule has 0 spiro atoms. The highest BCUT2D eigenvalue weighted by Gasteiger charge is 2.19. The van der Waals surface area contributed by atoms with Gasteiger partial charge in [0.1, 0.15) is 5.75 Å². The topological polar surface area (TPSA) is 81.7 Å². The minimum Gasteiger partial charge on any atom is -0.494 e. The molecule has 0 aliphatic rings. The summed E-state index contributed by atoms with van der Waals surface area (Å²) in [5.74, 6) is -0.471. The molecule has 154 valence electrons. The zero-order valence-corrected chi connectivity index (χ0v) is 17.1. The molecule has 2 aromatic carbocycles. The molecule has 29 heavy (non-hydrogen) atoms. The number of nitrogens with one attached hydrogen (secondary N) is 1. The van der Waals surface area contributed by atoms with Gasteiger partial charge in [-0.3, -0.25) is 14.4 Å². The zero-order valence-electron chi connectivity index (χ0n) is 17.1. The molecule has 6 nitrogen and oxygen atoms in total. The highest BCUT2D eigenvalue weighted by atomic mass is 16.5. The van der Waals surface area contributed by atoms with E-state index >= 15 is 0 Å². The Morgan fingerprint density at radius 2 is 1.62 bits per heavy atom. The summed E-state index contributed by atoms with van der Waals surface area (Å²) in [4.78, 5) is 36.4. The minimum absolute atomic E-state index is 0.0142. The molecule has 1 amide bonds. The van der Waals surface area contributed by atoms with Gasteiger partial charge in [-0.05, 0) is 56.7 Å². The van der Waals surface area contributed by atoms with Crippen LogP contribution in [-0.2, 0) is 14.3 Å². The van der Waals surface area contributed by atoms with E-state index in [0.717, 1.165) is 12.0 Å². The van der Waals surface area contributed by atoms with E-state index in [9.17, 15) is 14.4 Å². The first-order valence-electron chi connectivity index (χ1n) is 9.72. The number of Topliss-reactive ketones (excluding diaryl/α,β-unsaturated/α-hetero) is 1. The molecular formula is C23H27NO5. The van der Waals surface area contributed by atoms with Crippen molar-refractivity contribution in [1.82, 2.24) is 0 Å². The summed E-state index contributed by atoms with van der Waals surface area (Å²) in [6.45, 7) is 6.09. The van der Waals surface area contributed by atoms with Crippen molar-refractivity contribution in [2.75, 3.05) is 11.9 Å². The second-order valence-electron chi connectivity index (χ2n) is 6.78. The first kappa shape index (κ1) is 22.1. The summed E-state index contributed by atoms with van der Waals surface area (Å²) in [6.07, 6.45) is -0.117. The molecule has 2 rings (SSSR count). The third-order valence-electron chi connectivity index (χ3n) is 4.20. The van der Waals surface area contributed by atoms with Crippen molar-refractivity contribution in [1.29, 1.82) is 0 Å². The molecule has 0 radical (unpaired) electrons. The van der Waals surface area contributed by atoms with E-state index in [1.807, 2.05) is 26.0 Å². The van der Waals surface area contributed by atoms with Crippen molar-refractivity contribution < 1.29 is 23.9 Å². The van der Waals surface area contributed by atoms with Gasteiger partial charge in [0.25, 0.3) is 5.91 Å². The van der Waals surface area contributed by atoms with E-state index in [1.165, 1.54) is 6.92 Å². The second kappa shape index (κ2) is 11.0. The molecule has 0 saturated carbocycles. The number of hydrogen-bond acceptors (Lipinski definition) is 5. The third-order valence-corrected chi connectivity index (χ3v) is 4.20. The number of esters is 1. The molecular weight excluding hydrogens is 370 g/mol. The maximum atomic E-state index is 12.2. The predicted octanol–water partition coefficient (Wildman–Crippen LogP) is 4.32. The fraction of sp³-hybridized carbons (Fsp3) is 0.348. The normalized spacial score (nSPS) is 11.4. The molecule has 0 aromatic heterocycles. The Labute approximate surface area is 171 Å². The number of hydrogen-bond donors (Lipinski definition) is 1. The average Bonchev–Trinajstić information content (AvgIpc) is 2.72. The number of amides is 1. The first-order chi connectivity index (χ1) is 13.9. The lowest BCUT2D eigenvalue weighted by Crippen LogP contribution is -2.30. The number of aryl methyl sites for hydroxylation is 1. The van der Waals surface area contributed by atoms with E-state index in [2.05, 4.69) is 5.32 Å². The van der Waals surface area contributed by atoms with Gasteiger partial charge in [-0.15, -0.1) is 0 Å². The van der Waals surface area contributed by atoms with Crippen LogP contribution in [0.5, 0.6) is 5.75 Å². The lowest BCUT2D eigenvalue weighted by atomic mass is 10.1. The number of benzene rings is 2. The van der Waals surface area contributed by atoms with Gasteiger partial charge in [-0.1, -0.05) is 24.6 Å². The number of anilines is 1. The Kier molecular flexibility index (Phi) is 8.40. The predicted molar refractivity (Wildman–Crippen MR) is 111 cm³/mol. The molecule has 0 bridgehead atoms. The maximum Gasteiger partial charge on any atom is 0.307 e. The maximum absolute atomic E-state index is 12.2. The molecule has 0 saturated heterocycles. The molecule has 0 unspecified atom stereocenters. The quantitative estimate of drug-likeness (QED) is 0.477. The van der Waals surface area contributed by atoms with Gasteiger partial charge in [0.15, 0.2) is 11.9 Å². The van der Waals surface area contributed by atoms with Crippen molar-refractivity contribution in [3.05, 3.63) is 59.7 Å². The Morgan fingerprint density at radius 1 is 0.966 bits per heavy atom. The molecule has 0 aliphatic heterocycles. The van der Waals surface area contributed by atoms with Crippen LogP contribution >= 0.6 is 0 Å². The van der Waals surface area contributed by atoms with Crippen LogP contribution < -0.4 is 10.1 Å². The van der Waals surface area contributed by atoms with Crippen molar-refractivity contribution in [2.45, 2.75) is 46.1 Å². The van der Waals surface area contributed by atoms with Crippen molar-refractivity contribution in [2.24, 2.45) is 0 Å². The van der Waals surface area contributed by atoms with E-state index < -0.39 is 18.0 Å². The number of ether oxygens (including phenoxy) is 2. The highest BCUT2D eigenvalue weighted by Crippen LogP contribution is 2.15. The molecule has 0 fully saturated rings. The summed E-state index contributed by atoms with van der Waals surface area (Å²) in [5.41, 5.74) is 2.21. The summed E-state index contributed by atoms with van der Waals surface area (Å²) in [7, 11) is 0. The first-order valence-corrected chi connectivity index (χ1v) is 9.72. The minimum atomic E-state index is -0.950. The average molecular weight is 397 g/mol. The Bertz CT molecular complexity index is 827. The number of ketones is 1. The zero-order chi connectivity index (χ0) is 21.2. The van der Waals surface area contributed by atoms with Gasteiger partial charge in [0.2, 0.25) is 0 Å². The Morgan fingerprint density at radius 3 is 2.24 bits per heavy atom.